The first kappa shape index (κ1) is 13.4. The van der Waals surface area contributed by atoms with Gasteiger partial charge in [0.05, 0.1) is 5.92 Å². The largest absolute Gasteiger partial charge is 0.443 e. The molecule has 1 aliphatic rings. The van der Waals surface area contributed by atoms with Crippen molar-refractivity contribution in [3.63, 3.8) is 0 Å². The van der Waals surface area contributed by atoms with Gasteiger partial charge in [-0.2, -0.15) is 0 Å². The van der Waals surface area contributed by atoms with Crippen LogP contribution in [0, 0.1) is 5.92 Å². The zero-order chi connectivity index (χ0) is 13.5. The van der Waals surface area contributed by atoms with E-state index in [-0.39, 0.29) is 18.5 Å². The molecule has 0 unspecified atom stereocenters. The summed E-state index contributed by atoms with van der Waals surface area (Å²) in [6.07, 6.45) is 2.99. The summed E-state index contributed by atoms with van der Waals surface area (Å²) in [7, 11) is 0. The lowest BCUT2D eigenvalue weighted by molar-refractivity contribution is -0.154. The summed E-state index contributed by atoms with van der Waals surface area (Å²) in [4.78, 5) is 27.6. The predicted octanol–water partition coefficient (Wildman–Crippen LogP) is 2.56. The van der Waals surface area contributed by atoms with E-state index in [4.69, 9.17) is 9.57 Å². The highest BCUT2D eigenvalue weighted by atomic mass is 16.7. The molecule has 1 aromatic carbocycles. The van der Waals surface area contributed by atoms with Crippen molar-refractivity contribution < 1.29 is 19.2 Å². The highest BCUT2D eigenvalue weighted by Crippen LogP contribution is 2.25. The smallest absolute Gasteiger partial charge is 0.441 e. The summed E-state index contributed by atoms with van der Waals surface area (Å²) in [5.41, 5.74) is 2.89. The van der Waals surface area contributed by atoms with Crippen molar-refractivity contribution in [1.82, 2.24) is 5.48 Å². The number of benzene rings is 1. The Morgan fingerprint density at radius 1 is 1.16 bits per heavy atom. The average Bonchev–Trinajstić information content (AvgIpc) is 2.98. The number of hydrogen-bond donors (Lipinski definition) is 1. The Bertz CT molecular complexity index is 426. The van der Waals surface area contributed by atoms with Crippen LogP contribution in [0.3, 0.4) is 0 Å². The van der Waals surface area contributed by atoms with E-state index in [0.29, 0.717) is 0 Å². The van der Waals surface area contributed by atoms with Crippen LogP contribution in [0.4, 0.5) is 4.79 Å². The minimum Gasteiger partial charge on any atom is -0.443 e. The van der Waals surface area contributed by atoms with Crippen molar-refractivity contribution in [2.24, 2.45) is 5.92 Å². The van der Waals surface area contributed by atoms with Crippen molar-refractivity contribution >= 4 is 12.1 Å². The molecule has 0 heterocycles. The fraction of sp³-hybridized carbons (Fsp3) is 0.429. The van der Waals surface area contributed by atoms with Crippen LogP contribution < -0.4 is 5.48 Å². The Balaban J connectivity index is 1.65. The molecule has 1 N–H and O–H groups in total. The second-order valence-corrected chi connectivity index (χ2v) is 4.57. The van der Waals surface area contributed by atoms with Gasteiger partial charge in [0.25, 0.3) is 0 Å². The van der Waals surface area contributed by atoms with Gasteiger partial charge in [-0.1, -0.05) is 43.2 Å². The van der Waals surface area contributed by atoms with Gasteiger partial charge in [-0.3, -0.25) is 0 Å². The van der Waals surface area contributed by atoms with Gasteiger partial charge in [-0.25, -0.2) is 9.59 Å². The summed E-state index contributed by atoms with van der Waals surface area (Å²) in [6, 6.07) is 9.29. The van der Waals surface area contributed by atoms with Crippen LogP contribution in [0.25, 0.3) is 0 Å². The van der Waals surface area contributed by atoms with Gasteiger partial charge < -0.3 is 9.57 Å². The van der Waals surface area contributed by atoms with Crippen molar-refractivity contribution in [1.29, 1.82) is 0 Å². The highest BCUT2D eigenvalue weighted by molar-refractivity contribution is 5.75. The van der Waals surface area contributed by atoms with Crippen LogP contribution in [-0.4, -0.2) is 12.1 Å². The van der Waals surface area contributed by atoms with E-state index in [1.54, 1.807) is 0 Å². The van der Waals surface area contributed by atoms with E-state index in [2.05, 4.69) is 0 Å². The molecule has 0 spiro atoms. The SMILES string of the molecule is O=C(NOC(=O)C1CCCC1)OCc1ccccc1. The standard InChI is InChI=1S/C14H17NO4/c16-13(12-8-4-5-9-12)19-15-14(17)18-10-11-6-2-1-3-7-11/h1-3,6-7,12H,4-5,8-10H2,(H,15,17). The predicted molar refractivity (Wildman–Crippen MR) is 67.8 cm³/mol. The molecular formula is C14H17NO4. The molecule has 1 aromatic rings. The second kappa shape index (κ2) is 6.78. The molecule has 5 heteroatoms. The summed E-state index contributed by atoms with van der Waals surface area (Å²) < 4.78 is 4.91. The number of amides is 1. The van der Waals surface area contributed by atoms with E-state index in [1.807, 2.05) is 35.8 Å². The number of carbonyl (C=O) groups excluding carboxylic acids is 2. The molecule has 0 bridgehead atoms. The Kier molecular flexibility index (Phi) is 4.78. The molecule has 1 saturated carbocycles. The molecule has 0 aliphatic heterocycles. The van der Waals surface area contributed by atoms with Gasteiger partial charge in [-0.05, 0) is 18.4 Å². The van der Waals surface area contributed by atoms with Gasteiger partial charge in [0.1, 0.15) is 6.61 Å². The first-order valence-corrected chi connectivity index (χ1v) is 6.43. The third kappa shape index (κ3) is 4.28. The third-order valence-corrected chi connectivity index (χ3v) is 3.14. The van der Waals surface area contributed by atoms with Gasteiger partial charge in [-0.15, -0.1) is 5.48 Å². The van der Waals surface area contributed by atoms with Crippen molar-refractivity contribution in [3.05, 3.63) is 35.9 Å². The molecule has 2 rings (SSSR count). The van der Waals surface area contributed by atoms with Gasteiger partial charge in [0.2, 0.25) is 0 Å². The molecule has 0 radical (unpaired) electrons. The summed E-state index contributed by atoms with van der Waals surface area (Å²) >= 11 is 0. The molecule has 0 atom stereocenters. The molecule has 0 aromatic heterocycles. The Hall–Kier alpha value is -2.04. The number of nitrogens with one attached hydrogen (secondary N) is 1. The summed E-state index contributed by atoms with van der Waals surface area (Å²) in [6.45, 7) is 0.146. The molecule has 5 nitrogen and oxygen atoms in total. The Morgan fingerprint density at radius 2 is 1.84 bits per heavy atom. The maximum atomic E-state index is 11.5. The number of rotatable bonds is 3. The molecule has 0 saturated heterocycles. The maximum Gasteiger partial charge on any atom is 0.441 e. The van der Waals surface area contributed by atoms with Crippen LogP contribution in [0.5, 0.6) is 0 Å². The Labute approximate surface area is 111 Å². The maximum absolute atomic E-state index is 11.5. The first-order valence-electron chi connectivity index (χ1n) is 6.43. The zero-order valence-electron chi connectivity index (χ0n) is 10.6. The van der Waals surface area contributed by atoms with Crippen LogP contribution in [0.15, 0.2) is 30.3 Å². The van der Waals surface area contributed by atoms with Crippen molar-refractivity contribution in [2.45, 2.75) is 32.3 Å². The quantitative estimate of drug-likeness (QED) is 0.851. The number of carbonyl (C=O) groups is 2. The minimum absolute atomic E-state index is 0.0885. The third-order valence-electron chi connectivity index (χ3n) is 3.14. The number of ether oxygens (including phenoxy) is 1. The minimum atomic E-state index is -0.754. The van der Waals surface area contributed by atoms with Crippen LogP contribution in [0.2, 0.25) is 0 Å². The van der Waals surface area contributed by atoms with Gasteiger partial charge >= 0.3 is 12.1 Å². The first-order chi connectivity index (χ1) is 9.25. The fourth-order valence-corrected chi connectivity index (χ4v) is 2.09. The Morgan fingerprint density at radius 3 is 2.53 bits per heavy atom. The second-order valence-electron chi connectivity index (χ2n) is 4.57. The van der Waals surface area contributed by atoms with Crippen LogP contribution >= 0.6 is 0 Å². The fourth-order valence-electron chi connectivity index (χ4n) is 2.09. The zero-order valence-corrected chi connectivity index (χ0v) is 10.6. The van der Waals surface area contributed by atoms with Crippen LogP contribution in [0.1, 0.15) is 31.2 Å². The van der Waals surface area contributed by atoms with E-state index < -0.39 is 6.09 Å². The topological polar surface area (TPSA) is 64.6 Å². The molecule has 1 fully saturated rings. The van der Waals surface area contributed by atoms with E-state index in [0.717, 1.165) is 31.2 Å². The number of hydroxylamine groups is 1. The highest BCUT2D eigenvalue weighted by Gasteiger charge is 2.25. The monoisotopic (exact) mass is 263 g/mol. The summed E-state index contributed by atoms with van der Waals surface area (Å²) in [5.74, 6) is -0.469. The molecule has 19 heavy (non-hydrogen) atoms. The molecule has 1 aliphatic carbocycles. The van der Waals surface area contributed by atoms with Crippen molar-refractivity contribution in [3.8, 4) is 0 Å². The summed E-state index contributed by atoms with van der Waals surface area (Å²) in [5, 5.41) is 0. The van der Waals surface area contributed by atoms with E-state index in [1.165, 1.54) is 0 Å². The molecular weight excluding hydrogens is 246 g/mol. The average molecular weight is 263 g/mol. The van der Waals surface area contributed by atoms with Crippen molar-refractivity contribution in [2.75, 3.05) is 0 Å². The number of hydrogen-bond acceptors (Lipinski definition) is 4. The van der Waals surface area contributed by atoms with E-state index in [9.17, 15) is 9.59 Å². The van der Waals surface area contributed by atoms with Gasteiger partial charge in [0.15, 0.2) is 0 Å². The lowest BCUT2D eigenvalue weighted by Gasteiger charge is -2.09. The van der Waals surface area contributed by atoms with Crippen LogP contribution in [-0.2, 0) is 21.0 Å². The molecule has 102 valence electrons. The normalized spacial score (nSPS) is 14.9. The van der Waals surface area contributed by atoms with Gasteiger partial charge in [0, 0.05) is 0 Å². The molecule has 1 amide bonds. The lowest BCUT2D eigenvalue weighted by Crippen LogP contribution is -2.30. The van der Waals surface area contributed by atoms with E-state index >= 15 is 0 Å². The lowest BCUT2D eigenvalue weighted by atomic mass is 10.1.